The molecule has 0 heterocycles. The van der Waals surface area contributed by atoms with E-state index in [-0.39, 0.29) is 0 Å². The highest BCUT2D eigenvalue weighted by atomic mass is 35.5. The fraction of sp³-hybridized carbons (Fsp3) is 0.143. The summed E-state index contributed by atoms with van der Waals surface area (Å²) >= 11 is 5.34. The molecule has 3 aromatic rings. The molecule has 0 unspecified atom stereocenters. The highest BCUT2D eigenvalue weighted by Gasteiger charge is 2.03. The highest BCUT2D eigenvalue weighted by Crippen LogP contribution is 2.27. The Kier molecular flexibility index (Phi) is 4.68. The minimum Gasteiger partial charge on any atom is -0.386 e. The molecule has 0 bridgehead atoms. The lowest BCUT2D eigenvalue weighted by Gasteiger charge is -2.08. The van der Waals surface area contributed by atoms with Crippen LogP contribution >= 0.6 is 11.9 Å². The van der Waals surface area contributed by atoms with Crippen molar-refractivity contribution in [2.75, 3.05) is 0 Å². The standard InChI is InChI=1S/C21H19ClO/c1-15(2)16-3-5-17(6-4-16)18-7-9-19(10-8-18)20-11-13-21(23-22)14-12-20/h3-15H,1-2H3. The van der Waals surface area contributed by atoms with Gasteiger partial charge >= 0.3 is 0 Å². The van der Waals surface area contributed by atoms with Crippen molar-refractivity contribution < 1.29 is 4.29 Å². The Morgan fingerprint density at radius 2 is 0.957 bits per heavy atom. The zero-order chi connectivity index (χ0) is 16.2. The lowest BCUT2D eigenvalue weighted by molar-refractivity contribution is 0.619. The molecule has 0 aliphatic rings. The van der Waals surface area contributed by atoms with Gasteiger partial charge < -0.3 is 4.29 Å². The van der Waals surface area contributed by atoms with Crippen LogP contribution in [0.5, 0.6) is 5.75 Å². The highest BCUT2D eigenvalue weighted by molar-refractivity contribution is 6.09. The van der Waals surface area contributed by atoms with Gasteiger partial charge in [0.25, 0.3) is 0 Å². The van der Waals surface area contributed by atoms with Gasteiger partial charge in [-0.3, -0.25) is 0 Å². The smallest absolute Gasteiger partial charge is 0.146 e. The molecule has 0 amide bonds. The van der Waals surface area contributed by atoms with Gasteiger partial charge in [0.2, 0.25) is 0 Å². The Morgan fingerprint density at radius 3 is 1.30 bits per heavy atom. The molecule has 0 aliphatic heterocycles. The number of benzene rings is 3. The SMILES string of the molecule is CC(C)c1ccc(-c2ccc(-c3ccc(OCl)cc3)cc2)cc1. The zero-order valence-corrected chi connectivity index (χ0v) is 14.0. The van der Waals surface area contributed by atoms with Crippen molar-refractivity contribution in [2.24, 2.45) is 0 Å². The summed E-state index contributed by atoms with van der Waals surface area (Å²) < 4.78 is 4.68. The Balaban J connectivity index is 1.83. The van der Waals surface area contributed by atoms with Crippen molar-refractivity contribution in [3.63, 3.8) is 0 Å². The van der Waals surface area contributed by atoms with Crippen molar-refractivity contribution in [2.45, 2.75) is 19.8 Å². The fourth-order valence-corrected chi connectivity index (χ4v) is 2.72. The Bertz CT molecular complexity index is 756. The van der Waals surface area contributed by atoms with Gasteiger partial charge in [0, 0.05) is 0 Å². The normalized spacial score (nSPS) is 10.8. The molecule has 0 N–H and O–H groups in total. The first-order chi connectivity index (χ1) is 11.2. The summed E-state index contributed by atoms with van der Waals surface area (Å²) in [5.74, 6) is 1.21. The van der Waals surface area contributed by atoms with Crippen LogP contribution in [0, 0.1) is 0 Å². The predicted octanol–water partition coefficient (Wildman–Crippen LogP) is 6.68. The lowest BCUT2D eigenvalue weighted by Crippen LogP contribution is -1.87. The molecule has 0 spiro atoms. The first-order valence-electron chi connectivity index (χ1n) is 7.77. The van der Waals surface area contributed by atoms with E-state index in [0.717, 1.165) is 5.56 Å². The second-order valence-corrected chi connectivity index (χ2v) is 6.11. The molecule has 23 heavy (non-hydrogen) atoms. The molecule has 0 aliphatic carbocycles. The van der Waals surface area contributed by atoms with Gasteiger partial charge in [-0.15, -0.1) is 0 Å². The number of rotatable bonds is 4. The molecular weight excluding hydrogens is 304 g/mol. The van der Waals surface area contributed by atoms with Crippen LogP contribution in [0.25, 0.3) is 22.3 Å². The maximum atomic E-state index is 5.34. The van der Waals surface area contributed by atoms with Crippen LogP contribution in [-0.2, 0) is 0 Å². The van der Waals surface area contributed by atoms with E-state index in [9.17, 15) is 0 Å². The van der Waals surface area contributed by atoms with Gasteiger partial charge in [-0.05, 0) is 45.9 Å². The summed E-state index contributed by atoms with van der Waals surface area (Å²) in [6, 6.07) is 25.1. The molecule has 0 saturated heterocycles. The maximum absolute atomic E-state index is 5.34. The van der Waals surface area contributed by atoms with Crippen LogP contribution in [0.4, 0.5) is 0 Å². The first kappa shape index (κ1) is 15.6. The molecule has 0 atom stereocenters. The van der Waals surface area contributed by atoms with Gasteiger partial charge in [-0.25, -0.2) is 0 Å². The molecule has 2 heteroatoms. The molecule has 116 valence electrons. The van der Waals surface area contributed by atoms with Crippen molar-refractivity contribution in [3.05, 3.63) is 78.4 Å². The fourth-order valence-electron chi connectivity index (χ4n) is 2.61. The summed E-state index contributed by atoms with van der Waals surface area (Å²) in [6.07, 6.45) is 0. The summed E-state index contributed by atoms with van der Waals surface area (Å²) in [5.41, 5.74) is 6.15. The lowest BCUT2D eigenvalue weighted by atomic mass is 9.97. The monoisotopic (exact) mass is 322 g/mol. The minimum absolute atomic E-state index is 0.561. The Labute approximate surface area is 142 Å². The van der Waals surface area contributed by atoms with E-state index < -0.39 is 0 Å². The molecule has 3 rings (SSSR count). The largest absolute Gasteiger partial charge is 0.386 e. The van der Waals surface area contributed by atoms with E-state index in [1.165, 1.54) is 22.3 Å². The van der Waals surface area contributed by atoms with E-state index >= 15 is 0 Å². The summed E-state index contributed by atoms with van der Waals surface area (Å²) in [5, 5.41) is 0. The van der Waals surface area contributed by atoms with Crippen LogP contribution in [0.3, 0.4) is 0 Å². The first-order valence-corrected chi connectivity index (χ1v) is 8.07. The van der Waals surface area contributed by atoms with Crippen LogP contribution < -0.4 is 4.29 Å². The van der Waals surface area contributed by atoms with E-state index in [0.29, 0.717) is 11.7 Å². The molecule has 0 aromatic heterocycles. The van der Waals surface area contributed by atoms with Gasteiger partial charge in [0.05, 0.1) is 0 Å². The van der Waals surface area contributed by atoms with Crippen molar-refractivity contribution in [3.8, 4) is 28.0 Å². The predicted molar refractivity (Wildman–Crippen MR) is 97.9 cm³/mol. The second-order valence-electron chi connectivity index (χ2n) is 5.96. The van der Waals surface area contributed by atoms with Gasteiger partial charge in [0.15, 0.2) is 0 Å². The number of halogens is 1. The maximum Gasteiger partial charge on any atom is 0.146 e. The van der Waals surface area contributed by atoms with Gasteiger partial charge in [0.1, 0.15) is 17.6 Å². The third-order valence-corrected chi connectivity index (χ3v) is 4.25. The van der Waals surface area contributed by atoms with E-state index in [2.05, 4.69) is 66.7 Å². The summed E-state index contributed by atoms with van der Waals surface area (Å²) in [6.45, 7) is 4.43. The number of hydrogen-bond donors (Lipinski definition) is 0. The topological polar surface area (TPSA) is 9.23 Å². The summed E-state index contributed by atoms with van der Waals surface area (Å²) in [4.78, 5) is 0. The second kappa shape index (κ2) is 6.89. The minimum atomic E-state index is 0.561. The third-order valence-electron chi connectivity index (χ3n) is 4.07. The van der Waals surface area contributed by atoms with Crippen LogP contribution in [-0.4, -0.2) is 0 Å². The van der Waals surface area contributed by atoms with Crippen molar-refractivity contribution in [1.29, 1.82) is 0 Å². The Morgan fingerprint density at radius 1 is 0.609 bits per heavy atom. The average molecular weight is 323 g/mol. The molecular formula is C21H19ClO. The van der Waals surface area contributed by atoms with E-state index in [1.54, 1.807) is 0 Å². The van der Waals surface area contributed by atoms with Gasteiger partial charge in [-0.2, -0.15) is 0 Å². The van der Waals surface area contributed by atoms with E-state index in [4.69, 9.17) is 11.9 Å². The van der Waals surface area contributed by atoms with E-state index in [1.807, 2.05) is 24.3 Å². The molecule has 3 aromatic carbocycles. The average Bonchev–Trinajstić information content (AvgIpc) is 2.62. The van der Waals surface area contributed by atoms with Crippen molar-refractivity contribution >= 4 is 11.9 Å². The Hall–Kier alpha value is -2.25. The van der Waals surface area contributed by atoms with Crippen molar-refractivity contribution in [1.82, 2.24) is 0 Å². The van der Waals surface area contributed by atoms with Crippen LogP contribution in [0.2, 0.25) is 0 Å². The van der Waals surface area contributed by atoms with Gasteiger partial charge in [-0.1, -0.05) is 74.5 Å². The molecule has 0 radical (unpaired) electrons. The third kappa shape index (κ3) is 3.57. The quantitative estimate of drug-likeness (QED) is 0.520. The van der Waals surface area contributed by atoms with Crippen LogP contribution in [0.15, 0.2) is 72.8 Å². The zero-order valence-electron chi connectivity index (χ0n) is 13.3. The molecule has 0 fully saturated rings. The number of hydrogen-bond acceptors (Lipinski definition) is 1. The molecule has 0 saturated carbocycles. The molecule has 1 nitrogen and oxygen atoms in total. The van der Waals surface area contributed by atoms with Crippen LogP contribution in [0.1, 0.15) is 25.3 Å². The summed E-state index contributed by atoms with van der Waals surface area (Å²) in [7, 11) is 0.